The van der Waals surface area contributed by atoms with Crippen LogP contribution >= 0.6 is 0 Å². The van der Waals surface area contributed by atoms with Crippen LogP contribution in [0.5, 0.6) is 0 Å². The number of carbonyl (C=O) groups excluding carboxylic acids is 4. The van der Waals surface area contributed by atoms with Crippen molar-refractivity contribution in [1.82, 2.24) is 45.2 Å². The van der Waals surface area contributed by atoms with E-state index in [1.54, 1.807) is 55.9 Å². The molecule has 49 heavy (non-hydrogen) atoms. The van der Waals surface area contributed by atoms with Gasteiger partial charge in [0.2, 0.25) is 5.91 Å². The van der Waals surface area contributed by atoms with Gasteiger partial charge >= 0.3 is 6.09 Å². The lowest BCUT2D eigenvalue weighted by molar-refractivity contribution is -0.154. The standard InChI is InChI=1S/C21H25N7O3.C8H13NO3.C4H9NO/c1-3-28-9-13(6-24-28)15-8-23-18-17(25-15)14(7-22-18)19(29)26-16(12-4-5-12)20(30)27-10-21(2,31)11-27;1-8(2,3)12-7(11)9-4-6(10)5-9;1-4(6)2-5-3-4/h6-9,12,16,31H,3-5,10-11H2,1-2H3,(H,22,23)(H,26,29);4-5H2,1-3H3;5-6H,2-3H2,1H3/t16-;;/m1../s1. The van der Waals surface area contributed by atoms with Crippen molar-refractivity contribution >= 4 is 34.9 Å². The average Bonchev–Trinajstić information content (AvgIpc) is 3.55. The molecule has 0 bridgehead atoms. The molecule has 16 nitrogen and oxygen atoms in total. The molecule has 1 aliphatic carbocycles. The van der Waals surface area contributed by atoms with Crippen molar-refractivity contribution in [3.63, 3.8) is 0 Å². The van der Waals surface area contributed by atoms with Gasteiger partial charge < -0.3 is 35.5 Å². The van der Waals surface area contributed by atoms with Crippen molar-refractivity contribution in [3.8, 4) is 11.3 Å². The first-order chi connectivity index (χ1) is 22.9. The van der Waals surface area contributed by atoms with Gasteiger partial charge in [-0.3, -0.25) is 24.0 Å². The van der Waals surface area contributed by atoms with E-state index >= 15 is 0 Å². The van der Waals surface area contributed by atoms with E-state index in [2.05, 4.69) is 30.7 Å². The molecule has 3 aromatic rings. The first kappa shape index (κ1) is 35.9. The Bertz CT molecular complexity index is 1680. The number of H-pyrrole nitrogens is 1. The maximum atomic E-state index is 13.1. The average molecular weight is 682 g/mol. The third kappa shape index (κ3) is 9.19. The summed E-state index contributed by atoms with van der Waals surface area (Å²) in [7, 11) is 0. The summed E-state index contributed by atoms with van der Waals surface area (Å²) < 4.78 is 6.82. The van der Waals surface area contributed by atoms with Crippen molar-refractivity contribution < 1.29 is 34.1 Å². The minimum atomic E-state index is -0.845. The summed E-state index contributed by atoms with van der Waals surface area (Å²) >= 11 is 0. The highest BCUT2D eigenvalue weighted by molar-refractivity contribution is 6.06. The Hall–Kier alpha value is -4.41. The fourth-order valence-corrected chi connectivity index (χ4v) is 5.35. The molecule has 3 aromatic heterocycles. The van der Waals surface area contributed by atoms with E-state index in [9.17, 15) is 24.3 Å². The lowest BCUT2D eigenvalue weighted by atomic mass is 9.95. The number of nitrogens with zero attached hydrogens (tertiary/aromatic N) is 6. The van der Waals surface area contributed by atoms with Crippen LogP contribution in [0, 0.1) is 5.92 Å². The Morgan fingerprint density at radius 3 is 2.22 bits per heavy atom. The minimum Gasteiger partial charge on any atom is -0.444 e. The lowest BCUT2D eigenvalue weighted by Crippen LogP contribution is -2.65. The van der Waals surface area contributed by atoms with Gasteiger partial charge in [-0.1, -0.05) is 0 Å². The van der Waals surface area contributed by atoms with Crippen LogP contribution in [0.25, 0.3) is 22.4 Å². The highest BCUT2D eigenvalue weighted by Crippen LogP contribution is 2.35. The van der Waals surface area contributed by atoms with E-state index < -0.39 is 23.3 Å². The Morgan fingerprint density at radius 1 is 1.08 bits per heavy atom. The molecular weight excluding hydrogens is 634 g/mol. The Morgan fingerprint density at radius 2 is 1.73 bits per heavy atom. The van der Waals surface area contributed by atoms with Gasteiger partial charge in [-0.15, -0.1) is 0 Å². The molecule has 16 heteroatoms. The maximum Gasteiger partial charge on any atom is 0.411 e. The highest BCUT2D eigenvalue weighted by Gasteiger charge is 2.46. The summed E-state index contributed by atoms with van der Waals surface area (Å²) in [6.45, 7) is 14.2. The Balaban J connectivity index is 0.000000213. The van der Waals surface area contributed by atoms with Crippen molar-refractivity contribution in [3.05, 3.63) is 30.4 Å². The predicted octanol–water partition coefficient (Wildman–Crippen LogP) is 1.09. The van der Waals surface area contributed by atoms with Crippen LogP contribution in [0.4, 0.5) is 4.79 Å². The number of carbonyl (C=O) groups is 4. The number of fused-ring (bicyclic) bond motifs is 1. The molecule has 0 spiro atoms. The van der Waals surface area contributed by atoms with Crippen LogP contribution in [0.15, 0.2) is 24.8 Å². The van der Waals surface area contributed by atoms with Crippen molar-refractivity contribution in [2.75, 3.05) is 39.3 Å². The third-order valence-corrected chi connectivity index (χ3v) is 8.30. The number of β-amino-alcohol motifs (C(OH)–C–C–N with tert-alkyl or cyclic N) is 2. The molecule has 5 N–H and O–H groups in total. The van der Waals surface area contributed by atoms with Crippen LogP contribution in [-0.2, 0) is 20.9 Å². The third-order valence-electron chi connectivity index (χ3n) is 8.30. The molecule has 3 saturated heterocycles. The van der Waals surface area contributed by atoms with E-state index in [-0.39, 0.29) is 55.3 Å². The summed E-state index contributed by atoms with van der Waals surface area (Å²) in [5, 5.41) is 28.9. The number of aryl methyl sites for hydroxylation is 1. The molecule has 7 rings (SSSR count). The molecule has 1 atom stereocenters. The van der Waals surface area contributed by atoms with Gasteiger partial charge in [0.05, 0.1) is 61.0 Å². The van der Waals surface area contributed by atoms with Gasteiger partial charge in [0.1, 0.15) is 17.2 Å². The summed E-state index contributed by atoms with van der Waals surface area (Å²) in [5.41, 5.74) is 1.04. The second kappa shape index (κ2) is 13.8. The number of nitrogens with one attached hydrogen (secondary N) is 3. The smallest absolute Gasteiger partial charge is 0.411 e. The topological polar surface area (TPSA) is 208 Å². The number of rotatable bonds is 6. The zero-order chi connectivity index (χ0) is 35.7. The molecule has 266 valence electrons. The highest BCUT2D eigenvalue weighted by atomic mass is 16.6. The molecule has 0 radical (unpaired) electrons. The summed E-state index contributed by atoms with van der Waals surface area (Å²) in [5.74, 6) is -0.282. The van der Waals surface area contributed by atoms with Crippen LogP contribution < -0.4 is 10.6 Å². The van der Waals surface area contributed by atoms with E-state index in [0.717, 1.165) is 38.0 Å². The number of hydrogen-bond donors (Lipinski definition) is 5. The first-order valence-corrected chi connectivity index (χ1v) is 16.6. The number of ketones is 1. The van der Waals surface area contributed by atoms with Gasteiger partial charge in [-0.2, -0.15) is 5.10 Å². The van der Waals surface area contributed by atoms with Gasteiger partial charge in [-0.25, -0.2) is 14.8 Å². The second-order valence-electron chi connectivity index (χ2n) is 14.7. The molecule has 0 aromatic carbocycles. The molecule has 3 aliphatic heterocycles. The van der Waals surface area contributed by atoms with Gasteiger partial charge in [0.25, 0.3) is 5.91 Å². The zero-order valence-corrected chi connectivity index (χ0v) is 28.9. The normalized spacial score (nSPS) is 19.6. The molecule has 4 fully saturated rings. The summed E-state index contributed by atoms with van der Waals surface area (Å²) in [6, 6.07) is -0.590. The number of likely N-dealkylation sites (tertiary alicyclic amines) is 2. The van der Waals surface area contributed by atoms with Gasteiger partial charge in [-0.05, 0) is 60.3 Å². The number of ether oxygens (including phenoxy) is 1. The number of aromatic nitrogens is 5. The minimum absolute atomic E-state index is 0.0841. The Labute approximate surface area is 284 Å². The van der Waals surface area contributed by atoms with E-state index in [0.29, 0.717) is 22.4 Å². The zero-order valence-electron chi connectivity index (χ0n) is 28.9. The number of aromatic amines is 1. The van der Waals surface area contributed by atoms with Gasteiger partial charge in [0.15, 0.2) is 11.4 Å². The molecular formula is C33H47N9O7. The number of Topliss-reactive ketones (excluding diaryl/α,β-unsaturated/α-hetero) is 1. The number of amides is 3. The molecule has 1 saturated carbocycles. The first-order valence-electron chi connectivity index (χ1n) is 16.6. The second-order valence-corrected chi connectivity index (χ2v) is 14.7. The fourth-order valence-electron chi connectivity index (χ4n) is 5.35. The molecule has 6 heterocycles. The Kier molecular flexibility index (Phi) is 10.1. The van der Waals surface area contributed by atoms with Crippen LogP contribution in [0.1, 0.15) is 64.7 Å². The number of hydrogen-bond acceptors (Lipinski definition) is 11. The summed E-state index contributed by atoms with van der Waals surface area (Å²) in [4.78, 5) is 62.6. The quantitative estimate of drug-likeness (QED) is 0.249. The predicted molar refractivity (Wildman–Crippen MR) is 178 cm³/mol. The SMILES string of the molecule is CC(C)(C)OC(=O)N1CC(=O)C1.CC1(O)CNC1.CCn1cc(-c2cnc3[nH]cc(C(=O)N[C@@H](C(=O)N4CC(C)(O)C4)C4CC4)c3n2)cn1. The van der Waals surface area contributed by atoms with Crippen LogP contribution in [0.2, 0.25) is 0 Å². The molecule has 0 unspecified atom stereocenters. The monoisotopic (exact) mass is 681 g/mol. The van der Waals surface area contributed by atoms with Crippen molar-refractivity contribution in [2.45, 2.75) is 83.8 Å². The van der Waals surface area contributed by atoms with E-state index in [1.807, 2.05) is 20.0 Å². The van der Waals surface area contributed by atoms with Crippen LogP contribution in [-0.4, -0.2) is 131 Å². The fraction of sp³-hybridized carbons (Fsp3) is 0.606. The summed E-state index contributed by atoms with van der Waals surface area (Å²) in [6.07, 6.45) is 8.22. The molecule has 3 amide bonds. The van der Waals surface area contributed by atoms with Crippen LogP contribution in [0.3, 0.4) is 0 Å². The molecule has 4 aliphatic rings. The lowest BCUT2D eigenvalue weighted by Gasteiger charge is -2.45. The number of aliphatic hydroxyl groups is 2. The maximum absolute atomic E-state index is 13.1. The van der Waals surface area contributed by atoms with E-state index in [4.69, 9.17) is 9.84 Å². The van der Waals surface area contributed by atoms with Crippen molar-refractivity contribution in [1.29, 1.82) is 0 Å². The van der Waals surface area contributed by atoms with Crippen molar-refractivity contribution in [2.24, 2.45) is 5.92 Å². The van der Waals surface area contributed by atoms with E-state index in [1.165, 1.54) is 4.90 Å². The van der Waals surface area contributed by atoms with Gasteiger partial charge in [0, 0.05) is 37.6 Å². The largest absolute Gasteiger partial charge is 0.444 e.